The molecule has 1 aliphatic heterocycles. The molecule has 0 aromatic heterocycles. The smallest absolute Gasteiger partial charge is 0.264 e. The monoisotopic (exact) mass is 339 g/mol. The number of ether oxygens (including phenoxy) is 1. The first kappa shape index (κ1) is 17.2. The number of ketones is 1. The van der Waals surface area contributed by atoms with Crippen LogP contribution < -0.4 is 9.64 Å². The number of hydrogen-bond donors (Lipinski definition) is 1. The van der Waals surface area contributed by atoms with Crippen molar-refractivity contribution in [1.29, 1.82) is 0 Å². The molecule has 130 valence electrons. The summed E-state index contributed by atoms with van der Waals surface area (Å²) in [4.78, 5) is 26.1. The number of fused-ring (bicyclic) bond motifs is 1. The Bertz CT molecular complexity index is 828. The lowest BCUT2D eigenvalue weighted by Crippen LogP contribution is -2.41. The van der Waals surface area contributed by atoms with Gasteiger partial charge in [0, 0.05) is 12.0 Å². The number of nitrogens with zero attached hydrogens (tertiary/aromatic N) is 1. The second-order valence-electron chi connectivity index (χ2n) is 6.50. The number of rotatable bonds is 5. The highest BCUT2D eigenvalue weighted by atomic mass is 16.5. The first-order valence-electron chi connectivity index (χ1n) is 8.13. The summed E-state index contributed by atoms with van der Waals surface area (Å²) in [7, 11) is 1.60. The summed E-state index contributed by atoms with van der Waals surface area (Å²) >= 11 is 0. The third-order valence-electron chi connectivity index (χ3n) is 4.49. The highest BCUT2D eigenvalue weighted by Gasteiger charge is 2.50. The molecule has 1 heterocycles. The van der Waals surface area contributed by atoms with Crippen LogP contribution in [0, 0.1) is 6.92 Å². The van der Waals surface area contributed by atoms with E-state index < -0.39 is 11.5 Å². The van der Waals surface area contributed by atoms with Crippen LogP contribution in [0.5, 0.6) is 5.75 Å². The zero-order valence-corrected chi connectivity index (χ0v) is 14.6. The lowest BCUT2D eigenvalue weighted by atomic mass is 9.89. The van der Waals surface area contributed by atoms with Gasteiger partial charge in [0.25, 0.3) is 5.91 Å². The zero-order chi connectivity index (χ0) is 18.2. The molecule has 1 N–H and O–H groups in total. The van der Waals surface area contributed by atoms with Crippen molar-refractivity contribution >= 4 is 17.4 Å². The number of amides is 1. The molecule has 0 aliphatic carbocycles. The van der Waals surface area contributed by atoms with Crippen molar-refractivity contribution in [3.05, 3.63) is 59.2 Å². The molecular weight excluding hydrogens is 318 g/mol. The van der Waals surface area contributed by atoms with E-state index in [-0.39, 0.29) is 12.2 Å². The molecular formula is C20H21NO4. The number of hydrogen-bond acceptors (Lipinski definition) is 4. The van der Waals surface area contributed by atoms with Crippen LogP contribution in [-0.2, 0) is 21.7 Å². The molecule has 0 radical (unpaired) electrons. The largest absolute Gasteiger partial charge is 0.497 e. The number of carbonyl (C=O) groups is 2. The highest BCUT2D eigenvalue weighted by molar-refractivity contribution is 6.08. The van der Waals surface area contributed by atoms with E-state index in [1.807, 2.05) is 43.3 Å². The van der Waals surface area contributed by atoms with Crippen molar-refractivity contribution < 1.29 is 19.4 Å². The topological polar surface area (TPSA) is 66.8 Å². The molecule has 1 aliphatic rings. The number of aliphatic hydroxyl groups is 1. The third kappa shape index (κ3) is 3.03. The van der Waals surface area contributed by atoms with Gasteiger partial charge >= 0.3 is 0 Å². The maximum atomic E-state index is 13.0. The molecule has 0 fully saturated rings. The summed E-state index contributed by atoms with van der Waals surface area (Å²) < 4.78 is 5.15. The van der Waals surface area contributed by atoms with E-state index in [1.165, 1.54) is 6.92 Å². The van der Waals surface area contributed by atoms with E-state index >= 15 is 0 Å². The Balaban J connectivity index is 2.00. The van der Waals surface area contributed by atoms with Gasteiger partial charge in [0.1, 0.15) is 11.5 Å². The molecule has 0 spiro atoms. The normalized spacial score (nSPS) is 19.0. The number of carbonyl (C=O) groups excluding carboxylic acids is 2. The summed E-state index contributed by atoms with van der Waals surface area (Å²) in [6.07, 6.45) is -0.221. The SMILES string of the molecule is COc1ccc(CN2C(=O)[C@@](O)(CC(C)=O)c3cc(C)ccc32)cc1. The molecule has 1 amide bonds. The van der Waals surface area contributed by atoms with Crippen molar-refractivity contribution in [3.63, 3.8) is 0 Å². The number of benzene rings is 2. The molecule has 1 atom stereocenters. The summed E-state index contributed by atoms with van der Waals surface area (Å²) in [6, 6.07) is 12.9. The van der Waals surface area contributed by atoms with Crippen molar-refractivity contribution in [2.75, 3.05) is 12.0 Å². The van der Waals surface area contributed by atoms with Crippen molar-refractivity contribution in [3.8, 4) is 5.75 Å². The Labute approximate surface area is 146 Å². The van der Waals surface area contributed by atoms with Crippen LogP contribution in [0.4, 0.5) is 5.69 Å². The Morgan fingerprint density at radius 2 is 1.88 bits per heavy atom. The molecule has 0 saturated carbocycles. The van der Waals surface area contributed by atoms with Gasteiger partial charge in [-0.2, -0.15) is 0 Å². The number of aryl methyl sites for hydroxylation is 1. The summed E-state index contributed by atoms with van der Waals surface area (Å²) in [6.45, 7) is 3.59. The van der Waals surface area contributed by atoms with Gasteiger partial charge in [0.05, 0.1) is 19.3 Å². The lowest BCUT2D eigenvalue weighted by molar-refractivity contribution is -0.141. The minimum atomic E-state index is -1.79. The zero-order valence-electron chi connectivity index (χ0n) is 14.6. The minimum Gasteiger partial charge on any atom is -0.497 e. The van der Waals surface area contributed by atoms with E-state index in [0.29, 0.717) is 17.8 Å². The van der Waals surface area contributed by atoms with Crippen molar-refractivity contribution in [2.24, 2.45) is 0 Å². The predicted molar refractivity (Wildman–Crippen MR) is 94.6 cm³/mol. The standard InChI is InChI=1S/C20H21NO4/c1-13-4-9-18-17(10-13)20(24,11-14(2)22)19(23)21(18)12-15-5-7-16(25-3)8-6-15/h4-10,24H,11-12H2,1-3H3/t20-/m1/s1. The average molecular weight is 339 g/mol. The molecule has 2 aromatic carbocycles. The van der Waals surface area contributed by atoms with Gasteiger partial charge in [0.15, 0.2) is 5.60 Å². The fourth-order valence-corrected chi connectivity index (χ4v) is 3.27. The Morgan fingerprint density at radius 3 is 2.48 bits per heavy atom. The van der Waals surface area contributed by atoms with Gasteiger partial charge in [-0.3, -0.25) is 9.59 Å². The summed E-state index contributed by atoms with van der Waals surface area (Å²) in [5, 5.41) is 11.0. The van der Waals surface area contributed by atoms with E-state index in [4.69, 9.17) is 4.74 Å². The molecule has 25 heavy (non-hydrogen) atoms. The first-order valence-corrected chi connectivity index (χ1v) is 8.13. The average Bonchev–Trinajstić information content (AvgIpc) is 2.77. The fraction of sp³-hybridized carbons (Fsp3) is 0.300. The molecule has 0 bridgehead atoms. The first-order chi connectivity index (χ1) is 11.8. The van der Waals surface area contributed by atoms with E-state index in [2.05, 4.69) is 0 Å². The second kappa shape index (κ2) is 6.33. The molecule has 0 unspecified atom stereocenters. The van der Waals surface area contributed by atoms with Crippen molar-refractivity contribution in [1.82, 2.24) is 0 Å². The second-order valence-corrected chi connectivity index (χ2v) is 6.50. The van der Waals surface area contributed by atoms with E-state index in [9.17, 15) is 14.7 Å². The molecule has 5 nitrogen and oxygen atoms in total. The Kier molecular flexibility index (Phi) is 4.35. The molecule has 5 heteroatoms. The minimum absolute atomic E-state index is 0.221. The third-order valence-corrected chi connectivity index (χ3v) is 4.49. The van der Waals surface area contributed by atoms with Crippen LogP contribution in [0.3, 0.4) is 0 Å². The van der Waals surface area contributed by atoms with Crippen LogP contribution in [0.2, 0.25) is 0 Å². The van der Waals surface area contributed by atoms with Gasteiger partial charge < -0.3 is 14.7 Å². The van der Waals surface area contributed by atoms with Gasteiger partial charge in [-0.05, 0) is 37.6 Å². The Morgan fingerprint density at radius 1 is 1.20 bits per heavy atom. The highest BCUT2D eigenvalue weighted by Crippen LogP contribution is 2.43. The van der Waals surface area contributed by atoms with Crippen LogP contribution >= 0.6 is 0 Å². The Hall–Kier alpha value is -2.66. The van der Waals surface area contributed by atoms with Crippen molar-refractivity contribution in [2.45, 2.75) is 32.4 Å². The number of Topliss-reactive ketones (excluding diaryl/α,β-unsaturated/α-hetero) is 1. The number of anilines is 1. The van der Waals surface area contributed by atoms with Gasteiger partial charge in [-0.25, -0.2) is 0 Å². The molecule has 0 saturated heterocycles. The molecule has 3 rings (SSSR count). The van der Waals surface area contributed by atoms with Gasteiger partial charge in [-0.1, -0.05) is 29.8 Å². The summed E-state index contributed by atoms with van der Waals surface area (Å²) in [5.74, 6) is 0.0503. The maximum Gasteiger partial charge on any atom is 0.264 e. The van der Waals surface area contributed by atoms with Gasteiger partial charge in [0.2, 0.25) is 0 Å². The van der Waals surface area contributed by atoms with Crippen LogP contribution in [-0.4, -0.2) is 23.9 Å². The maximum absolute atomic E-state index is 13.0. The van der Waals surface area contributed by atoms with Crippen LogP contribution in [0.1, 0.15) is 30.0 Å². The quantitative estimate of drug-likeness (QED) is 0.909. The van der Waals surface area contributed by atoms with Crippen LogP contribution in [0.15, 0.2) is 42.5 Å². The number of methoxy groups -OCH3 is 1. The van der Waals surface area contributed by atoms with Crippen LogP contribution in [0.25, 0.3) is 0 Å². The lowest BCUT2D eigenvalue weighted by Gasteiger charge is -2.22. The van der Waals surface area contributed by atoms with Gasteiger partial charge in [-0.15, -0.1) is 0 Å². The van der Waals surface area contributed by atoms with E-state index in [0.717, 1.165) is 16.9 Å². The predicted octanol–water partition coefficient (Wildman–Crippen LogP) is 2.72. The fourth-order valence-electron chi connectivity index (χ4n) is 3.27. The summed E-state index contributed by atoms with van der Waals surface area (Å²) in [5.41, 5.74) is 1.20. The van der Waals surface area contributed by atoms with E-state index in [1.54, 1.807) is 18.1 Å². The molecule has 2 aromatic rings.